The Bertz CT molecular complexity index is 676. The summed E-state index contributed by atoms with van der Waals surface area (Å²) in [6, 6.07) is 4.73. The summed E-state index contributed by atoms with van der Waals surface area (Å²) in [4.78, 5) is 14.5. The number of nitrogens with zero attached hydrogens (tertiary/aromatic N) is 2. The number of sulfonamides is 1. The lowest BCUT2D eigenvalue weighted by Gasteiger charge is -2.34. The minimum atomic E-state index is -3.53. The van der Waals surface area contributed by atoms with E-state index in [1.807, 2.05) is 6.92 Å². The number of carbonyl (C=O) groups is 1. The number of piperazine rings is 1. The van der Waals surface area contributed by atoms with Gasteiger partial charge < -0.3 is 10.2 Å². The molecule has 1 N–H and O–H groups in total. The van der Waals surface area contributed by atoms with E-state index in [9.17, 15) is 13.2 Å². The van der Waals surface area contributed by atoms with Crippen molar-refractivity contribution < 1.29 is 13.2 Å². The van der Waals surface area contributed by atoms with Gasteiger partial charge in [-0.25, -0.2) is 12.7 Å². The van der Waals surface area contributed by atoms with Crippen LogP contribution in [0.2, 0.25) is 0 Å². The van der Waals surface area contributed by atoms with Gasteiger partial charge in [0.25, 0.3) is 5.91 Å². The Morgan fingerprint density at radius 2 is 2.09 bits per heavy atom. The van der Waals surface area contributed by atoms with Gasteiger partial charge in [-0.3, -0.25) is 4.79 Å². The van der Waals surface area contributed by atoms with E-state index in [4.69, 9.17) is 0 Å². The van der Waals surface area contributed by atoms with Gasteiger partial charge in [-0.15, -0.1) is 0 Å². The number of halogens is 1. The Hall–Kier alpha value is -0.960. The van der Waals surface area contributed by atoms with Crippen LogP contribution in [0.4, 0.5) is 0 Å². The Kier molecular flexibility index (Phi) is 5.26. The van der Waals surface area contributed by atoms with Crippen molar-refractivity contribution in [3.63, 3.8) is 0 Å². The van der Waals surface area contributed by atoms with Crippen molar-refractivity contribution in [2.24, 2.45) is 0 Å². The highest BCUT2D eigenvalue weighted by molar-refractivity contribution is 9.10. The molecule has 22 heavy (non-hydrogen) atoms. The first-order valence-corrected chi connectivity index (χ1v) is 9.22. The van der Waals surface area contributed by atoms with Crippen molar-refractivity contribution in [3.8, 4) is 0 Å². The maximum Gasteiger partial charge on any atom is 0.254 e. The molecule has 0 bridgehead atoms. The molecule has 8 heteroatoms. The summed E-state index contributed by atoms with van der Waals surface area (Å²) in [5.74, 6) is -0.0801. The number of hydrogen-bond donors (Lipinski definition) is 1. The lowest BCUT2D eigenvalue weighted by molar-refractivity contribution is 0.0655. The molecule has 6 nitrogen and oxygen atoms in total. The Balaban J connectivity index is 2.31. The molecule has 1 heterocycles. The van der Waals surface area contributed by atoms with Crippen LogP contribution in [0.3, 0.4) is 0 Å². The second kappa shape index (κ2) is 6.66. The molecule has 0 radical (unpaired) electrons. The third-order valence-electron chi connectivity index (χ3n) is 3.70. The number of rotatable bonds is 3. The van der Waals surface area contributed by atoms with Crippen LogP contribution in [0.5, 0.6) is 0 Å². The maximum atomic E-state index is 12.6. The van der Waals surface area contributed by atoms with Crippen LogP contribution in [0, 0.1) is 0 Å². The van der Waals surface area contributed by atoms with Crippen LogP contribution < -0.4 is 5.32 Å². The van der Waals surface area contributed by atoms with Gasteiger partial charge in [0, 0.05) is 49.8 Å². The Morgan fingerprint density at radius 3 is 2.64 bits per heavy atom. The summed E-state index contributed by atoms with van der Waals surface area (Å²) in [6.07, 6.45) is 0. The first-order chi connectivity index (χ1) is 10.2. The number of nitrogens with one attached hydrogen (secondary N) is 1. The molecule has 0 saturated carbocycles. The second-order valence-corrected chi connectivity index (χ2v) is 8.46. The fourth-order valence-electron chi connectivity index (χ4n) is 2.35. The summed E-state index contributed by atoms with van der Waals surface area (Å²) < 4.78 is 25.9. The van der Waals surface area contributed by atoms with Gasteiger partial charge in [0.15, 0.2) is 0 Å². The number of carbonyl (C=O) groups excluding carboxylic acids is 1. The summed E-state index contributed by atoms with van der Waals surface area (Å²) in [5.41, 5.74) is 0.485. The van der Waals surface area contributed by atoms with Crippen molar-refractivity contribution >= 4 is 31.9 Å². The van der Waals surface area contributed by atoms with Crippen LogP contribution in [-0.2, 0) is 10.0 Å². The zero-order valence-electron chi connectivity index (χ0n) is 12.8. The summed E-state index contributed by atoms with van der Waals surface area (Å²) in [7, 11) is -0.583. The SMILES string of the molecule is C[C@H]1CNCCN1C(=O)c1ccc(S(=O)(=O)N(C)C)c(Br)c1. The van der Waals surface area contributed by atoms with Gasteiger partial charge in [0.2, 0.25) is 10.0 Å². The monoisotopic (exact) mass is 389 g/mol. The van der Waals surface area contributed by atoms with Gasteiger partial charge in [-0.2, -0.15) is 0 Å². The van der Waals surface area contributed by atoms with Gasteiger partial charge in [0.1, 0.15) is 0 Å². The Morgan fingerprint density at radius 1 is 1.41 bits per heavy atom. The molecule has 1 saturated heterocycles. The predicted molar refractivity (Wildman–Crippen MR) is 88.4 cm³/mol. The minimum absolute atomic E-state index is 0.0801. The molecule has 1 aliphatic heterocycles. The zero-order valence-corrected chi connectivity index (χ0v) is 15.2. The van der Waals surface area contributed by atoms with E-state index >= 15 is 0 Å². The first-order valence-electron chi connectivity index (χ1n) is 6.99. The molecular weight excluding hydrogens is 370 g/mol. The van der Waals surface area contributed by atoms with E-state index in [0.29, 0.717) is 16.6 Å². The molecule has 0 spiro atoms. The van der Waals surface area contributed by atoms with Crippen LogP contribution in [-0.4, -0.2) is 63.3 Å². The smallest absolute Gasteiger partial charge is 0.254 e. The highest BCUT2D eigenvalue weighted by Gasteiger charge is 2.26. The van der Waals surface area contributed by atoms with E-state index < -0.39 is 10.0 Å². The second-order valence-electron chi connectivity index (χ2n) is 5.48. The van der Waals surface area contributed by atoms with Crippen LogP contribution >= 0.6 is 15.9 Å². The molecular formula is C14H20BrN3O3S. The van der Waals surface area contributed by atoms with Gasteiger partial charge >= 0.3 is 0 Å². The average molecular weight is 390 g/mol. The average Bonchev–Trinajstić information content (AvgIpc) is 2.46. The molecule has 0 aromatic heterocycles. The van der Waals surface area contributed by atoms with E-state index in [2.05, 4.69) is 21.2 Å². The van der Waals surface area contributed by atoms with Crippen LogP contribution in [0.15, 0.2) is 27.6 Å². The minimum Gasteiger partial charge on any atom is -0.333 e. The van der Waals surface area contributed by atoms with E-state index in [-0.39, 0.29) is 16.8 Å². The van der Waals surface area contributed by atoms with Crippen molar-refractivity contribution in [2.75, 3.05) is 33.7 Å². The van der Waals surface area contributed by atoms with Gasteiger partial charge in [-0.05, 0) is 41.1 Å². The fraction of sp³-hybridized carbons (Fsp3) is 0.500. The van der Waals surface area contributed by atoms with E-state index in [1.54, 1.807) is 17.0 Å². The highest BCUT2D eigenvalue weighted by Crippen LogP contribution is 2.26. The van der Waals surface area contributed by atoms with Crippen molar-refractivity contribution in [3.05, 3.63) is 28.2 Å². The molecule has 1 aliphatic rings. The zero-order chi connectivity index (χ0) is 16.5. The van der Waals surface area contributed by atoms with Crippen molar-refractivity contribution in [2.45, 2.75) is 17.9 Å². The van der Waals surface area contributed by atoms with Gasteiger partial charge in [0.05, 0.1) is 4.90 Å². The molecule has 1 fully saturated rings. The Labute approximate surface area is 139 Å². The quantitative estimate of drug-likeness (QED) is 0.840. The molecule has 0 aliphatic carbocycles. The fourth-order valence-corrected chi connectivity index (χ4v) is 4.28. The number of amides is 1. The lowest BCUT2D eigenvalue weighted by atomic mass is 10.1. The maximum absolute atomic E-state index is 12.6. The summed E-state index contributed by atoms with van der Waals surface area (Å²) >= 11 is 3.27. The lowest BCUT2D eigenvalue weighted by Crippen LogP contribution is -2.52. The van der Waals surface area contributed by atoms with Gasteiger partial charge in [-0.1, -0.05) is 0 Å². The van der Waals surface area contributed by atoms with Crippen LogP contribution in [0.25, 0.3) is 0 Å². The first kappa shape index (κ1) is 17.4. The van der Waals surface area contributed by atoms with E-state index in [0.717, 1.165) is 17.4 Å². The van der Waals surface area contributed by atoms with E-state index in [1.165, 1.54) is 20.2 Å². The topological polar surface area (TPSA) is 69.7 Å². The summed E-state index contributed by atoms with van der Waals surface area (Å²) in [5, 5.41) is 3.24. The number of hydrogen-bond acceptors (Lipinski definition) is 4. The molecule has 122 valence electrons. The highest BCUT2D eigenvalue weighted by atomic mass is 79.9. The molecule has 1 amide bonds. The normalized spacial score (nSPS) is 19.5. The van der Waals surface area contributed by atoms with Crippen LogP contribution in [0.1, 0.15) is 17.3 Å². The molecule has 2 rings (SSSR count). The third-order valence-corrected chi connectivity index (χ3v) is 6.49. The standard InChI is InChI=1S/C14H20BrN3O3S/c1-10-9-16-6-7-18(10)14(19)11-4-5-13(12(15)8-11)22(20,21)17(2)3/h4-5,8,10,16H,6-7,9H2,1-3H3/t10-/m0/s1. The predicted octanol–water partition coefficient (Wildman–Crippen LogP) is 1.13. The molecule has 1 aromatic carbocycles. The molecule has 1 atom stereocenters. The van der Waals surface area contributed by atoms with Crippen molar-refractivity contribution in [1.82, 2.24) is 14.5 Å². The van der Waals surface area contributed by atoms with Crippen molar-refractivity contribution in [1.29, 1.82) is 0 Å². The third kappa shape index (κ3) is 3.34. The molecule has 1 aromatic rings. The largest absolute Gasteiger partial charge is 0.333 e. The molecule has 0 unspecified atom stereocenters. The summed E-state index contributed by atoms with van der Waals surface area (Å²) in [6.45, 7) is 4.17. The number of benzene rings is 1.